The van der Waals surface area contributed by atoms with E-state index in [1.807, 2.05) is 41.3 Å². The number of halogens is 1. The SMILES string of the molecule is COc1cc2c(cc1OC)C(COc1cc(=O)oc3ccccc13)N(C(=O)c1ccc(Br)cc1)CC2. The lowest BCUT2D eigenvalue weighted by atomic mass is 9.91. The highest BCUT2D eigenvalue weighted by Gasteiger charge is 2.33. The summed E-state index contributed by atoms with van der Waals surface area (Å²) in [5.74, 6) is 1.51. The highest BCUT2D eigenvalue weighted by Crippen LogP contribution is 2.39. The first-order valence-corrected chi connectivity index (χ1v) is 12.2. The number of methoxy groups -OCH3 is 2. The lowest BCUT2D eigenvalue weighted by Gasteiger charge is -2.37. The number of hydrogen-bond acceptors (Lipinski definition) is 6. The summed E-state index contributed by atoms with van der Waals surface area (Å²) in [5.41, 5.74) is 2.49. The molecule has 1 aliphatic rings. The van der Waals surface area contributed by atoms with Crippen LogP contribution in [0.1, 0.15) is 27.5 Å². The Bertz CT molecular complexity index is 1480. The minimum atomic E-state index is -0.498. The van der Waals surface area contributed by atoms with E-state index < -0.39 is 11.7 Å². The predicted molar refractivity (Wildman–Crippen MR) is 139 cm³/mol. The summed E-state index contributed by atoms with van der Waals surface area (Å²) in [6.45, 7) is 0.640. The molecule has 0 N–H and O–H groups in total. The van der Waals surface area contributed by atoms with Gasteiger partial charge in [0.15, 0.2) is 11.5 Å². The maximum atomic E-state index is 13.6. The molecule has 7 nitrogen and oxygen atoms in total. The molecule has 1 aromatic heterocycles. The molecular formula is C28H24BrNO6. The van der Waals surface area contributed by atoms with Crippen molar-refractivity contribution in [3.05, 3.63) is 98.3 Å². The molecule has 3 aromatic carbocycles. The maximum absolute atomic E-state index is 13.6. The van der Waals surface area contributed by atoms with Crippen molar-refractivity contribution < 1.29 is 23.4 Å². The molecule has 0 spiro atoms. The molecule has 0 saturated heterocycles. The van der Waals surface area contributed by atoms with Gasteiger partial charge in [-0.15, -0.1) is 0 Å². The first-order valence-electron chi connectivity index (χ1n) is 11.5. The number of nitrogens with zero attached hydrogens (tertiary/aromatic N) is 1. The Balaban J connectivity index is 1.55. The molecule has 5 rings (SSSR count). The number of carbonyl (C=O) groups is 1. The first-order chi connectivity index (χ1) is 17.5. The van der Waals surface area contributed by atoms with Crippen LogP contribution in [0.25, 0.3) is 11.0 Å². The Kier molecular flexibility index (Phi) is 6.69. The fraction of sp³-hybridized carbons (Fsp3) is 0.214. The number of carbonyl (C=O) groups excluding carboxylic acids is 1. The number of rotatable bonds is 6. The molecule has 4 aromatic rings. The van der Waals surface area contributed by atoms with Gasteiger partial charge in [0.25, 0.3) is 5.91 Å². The molecule has 8 heteroatoms. The summed E-state index contributed by atoms with van der Waals surface area (Å²) in [6.07, 6.45) is 0.659. The summed E-state index contributed by atoms with van der Waals surface area (Å²) in [4.78, 5) is 27.6. The zero-order chi connectivity index (χ0) is 25.2. The third kappa shape index (κ3) is 4.56. The van der Waals surface area contributed by atoms with Gasteiger partial charge in [-0.3, -0.25) is 4.79 Å². The second kappa shape index (κ2) is 10.1. The molecule has 1 amide bonds. The van der Waals surface area contributed by atoms with Crippen molar-refractivity contribution in [3.8, 4) is 17.2 Å². The fourth-order valence-electron chi connectivity index (χ4n) is 4.58. The van der Waals surface area contributed by atoms with Crippen LogP contribution in [0, 0.1) is 0 Å². The molecular weight excluding hydrogens is 526 g/mol. The van der Waals surface area contributed by atoms with E-state index in [4.69, 9.17) is 18.6 Å². The monoisotopic (exact) mass is 549 g/mol. The van der Waals surface area contributed by atoms with E-state index in [0.29, 0.717) is 46.7 Å². The van der Waals surface area contributed by atoms with Crippen LogP contribution in [0.5, 0.6) is 17.2 Å². The topological polar surface area (TPSA) is 78.2 Å². The van der Waals surface area contributed by atoms with Gasteiger partial charge in [-0.05, 0) is 66.1 Å². The number of para-hydroxylation sites is 1. The zero-order valence-electron chi connectivity index (χ0n) is 19.8. The van der Waals surface area contributed by atoms with E-state index in [0.717, 1.165) is 15.6 Å². The van der Waals surface area contributed by atoms with Crippen molar-refractivity contribution in [2.24, 2.45) is 0 Å². The highest BCUT2D eigenvalue weighted by atomic mass is 79.9. The van der Waals surface area contributed by atoms with Crippen molar-refractivity contribution in [1.82, 2.24) is 4.90 Å². The second-order valence-electron chi connectivity index (χ2n) is 8.41. The van der Waals surface area contributed by atoms with Crippen molar-refractivity contribution >= 4 is 32.8 Å². The average molecular weight is 550 g/mol. The molecule has 0 aliphatic carbocycles. The number of fused-ring (bicyclic) bond motifs is 2. The smallest absolute Gasteiger partial charge is 0.339 e. The van der Waals surface area contributed by atoms with Gasteiger partial charge in [-0.1, -0.05) is 28.1 Å². The first kappa shape index (κ1) is 23.9. The van der Waals surface area contributed by atoms with E-state index in [1.54, 1.807) is 38.5 Å². The highest BCUT2D eigenvalue weighted by molar-refractivity contribution is 9.10. The van der Waals surface area contributed by atoms with Gasteiger partial charge in [0.1, 0.15) is 17.9 Å². The molecule has 0 fully saturated rings. The van der Waals surface area contributed by atoms with Gasteiger partial charge in [0.05, 0.1) is 31.7 Å². The fourth-order valence-corrected chi connectivity index (χ4v) is 4.84. The van der Waals surface area contributed by atoms with Crippen LogP contribution >= 0.6 is 15.9 Å². The molecule has 2 heterocycles. The van der Waals surface area contributed by atoms with Crippen molar-refractivity contribution in [1.29, 1.82) is 0 Å². The second-order valence-corrected chi connectivity index (χ2v) is 9.33. The molecule has 0 saturated carbocycles. The molecule has 184 valence electrons. The Morgan fingerprint density at radius 2 is 1.72 bits per heavy atom. The van der Waals surface area contributed by atoms with Gasteiger partial charge >= 0.3 is 5.63 Å². The summed E-state index contributed by atoms with van der Waals surface area (Å²) in [7, 11) is 3.18. The molecule has 1 atom stereocenters. The standard InChI is InChI=1S/C28H24BrNO6/c1-33-25-13-18-11-12-30(28(32)17-7-9-19(29)10-8-17)22(21(18)14-26(25)34-2)16-35-24-15-27(31)36-23-6-4-3-5-20(23)24/h3-10,13-15,22H,11-12,16H2,1-2H3. The molecule has 1 aliphatic heterocycles. The van der Waals surface area contributed by atoms with E-state index >= 15 is 0 Å². The summed E-state index contributed by atoms with van der Waals surface area (Å²) in [5, 5.41) is 0.686. The minimum Gasteiger partial charge on any atom is -0.493 e. The van der Waals surface area contributed by atoms with Gasteiger partial charge in [-0.2, -0.15) is 0 Å². The normalized spacial score (nSPS) is 14.9. The number of ether oxygens (including phenoxy) is 3. The minimum absolute atomic E-state index is 0.103. The van der Waals surface area contributed by atoms with Crippen LogP contribution in [-0.4, -0.2) is 38.2 Å². The molecule has 0 bridgehead atoms. The quantitative estimate of drug-likeness (QED) is 0.300. The lowest BCUT2D eigenvalue weighted by molar-refractivity contribution is 0.0590. The van der Waals surface area contributed by atoms with Crippen LogP contribution < -0.4 is 19.8 Å². The molecule has 0 radical (unpaired) electrons. The van der Waals surface area contributed by atoms with Crippen molar-refractivity contribution in [2.75, 3.05) is 27.4 Å². The largest absolute Gasteiger partial charge is 0.493 e. The Hall–Kier alpha value is -3.78. The summed E-state index contributed by atoms with van der Waals surface area (Å²) in [6, 6.07) is 19.3. The zero-order valence-corrected chi connectivity index (χ0v) is 21.4. The Labute approximate surface area is 216 Å². The lowest BCUT2D eigenvalue weighted by Crippen LogP contribution is -2.42. The van der Waals surface area contributed by atoms with Gasteiger partial charge in [0, 0.05) is 16.6 Å². The van der Waals surface area contributed by atoms with Gasteiger partial charge in [0.2, 0.25) is 0 Å². The third-order valence-electron chi connectivity index (χ3n) is 6.36. The van der Waals surface area contributed by atoms with Crippen LogP contribution in [0.2, 0.25) is 0 Å². The molecule has 1 unspecified atom stereocenters. The number of hydrogen-bond donors (Lipinski definition) is 0. The van der Waals surface area contributed by atoms with E-state index in [-0.39, 0.29) is 12.5 Å². The van der Waals surface area contributed by atoms with Gasteiger partial charge < -0.3 is 23.5 Å². The van der Waals surface area contributed by atoms with Crippen molar-refractivity contribution in [2.45, 2.75) is 12.5 Å². The van der Waals surface area contributed by atoms with Crippen LogP contribution in [0.4, 0.5) is 0 Å². The average Bonchev–Trinajstić information content (AvgIpc) is 2.90. The summed E-state index contributed by atoms with van der Waals surface area (Å²) >= 11 is 3.43. The van der Waals surface area contributed by atoms with E-state index in [2.05, 4.69) is 15.9 Å². The Morgan fingerprint density at radius 1 is 1.00 bits per heavy atom. The number of benzene rings is 3. The van der Waals surface area contributed by atoms with Crippen LogP contribution in [0.3, 0.4) is 0 Å². The van der Waals surface area contributed by atoms with E-state index in [9.17, 15) is 9.59 Å². The number of amides is 1. The third-order valence-corrected chi connectivity index (χ3v) is 6.89. The van der Waals surface area contributed by atoms with Crippen LogP contribution in [0.15, 0.2) is 80.4 Å². The van der Waals surface area contributed by atoms with Crippen LogP contribution in [-0.2, 0) is 6.42 Å². The van der Waals surface area contributed by atoms with Crippen molar-refractivity contribution in [3.63, 3.8) is 0 Å². The maximum Gasteiger partial charge on any atom is 0.339 e. The molecule has 36 heavy (non-hydrogen) atoms. The summed E-state index contributed by atoms with van der Waals surface area (Å²) < 4.78 is 23.5. The van der Waals surface area contributed by atoms with Gasteiger partial charge in [-0.25, -0.2) is 4.79 Å². The Morgan fingerprint density at radius 3 is 2.47 bits per heavy atom. The van der Waals surface area contributed by atoms with E-state index in [1.165, 1.54) is 6.07 Å². The predicted octanol–water partition coefficient (Wildman–Crippen LogP) is 5.39.